The summed E-state index contributed by atoms with van der Waals surface area (Å²) >= 11 is 0. The number of rotatable bonds is 6. The van der Waals surface area contributed by atoms with E-state index in [1.165, 1.54) is 23.3 Å². The van der Waals surface area contributed by atoms with Crippen molar-refractivity contribution in [3.05, 3.63) is 83.4 Å². The molecule has 0 saturated heterocycles. The van der Waals surface area contributed by atoms with Gasteiger partial charge in [-0.05, 0) is 53.6 Å². The zero-order chi connectivity index (χ0) is 18.5. The fourth-order valence-corrected chi connectivity index (χ4v) is 3.14. The van der Waals surface area contributed by atoms with Crippen LogP contribution in [0.1, 0.15) is 37.8 Å². The van der Waals surface area contributed by atoms with Crippen LogP contribution in [0.15, 0.2) is 60.7 Å². The minimum atomic E-state index is -0.402. The zero-order valence-corrected chi connectivity index (χ0v) is 15.4. The average Bonchev–Trinajstić information content (AvgIpc) is 2.68. The molecule has 3 aromatic rings. The van der Waals surface area contributed by atoms with E-state index in [2.05, 4.69) is 13.8 Å². The van der Waals surface area contributed by atoms with E-state index in [4.69, 9.17) is 0 Å². The Bertz CT molecular complexity index is 862. The van der Waals surface area contributed by atoms with Crippen LogP contribution in [0.25, 0.3) is 22.3 Å². The lowest BCUT2D eigenvalue weighted by Crippen LogP contribution is -1.93. The maximum atomic E-state index is 14.7. The summed E-state index contributed by atoms with van der Waals surface area (Å²) in [5.41, 5.74) is 4.40. The zero-order valence-electron chi connectivity index (χ0n) is 15.4. The topological polar surface area (TPSA) is 0 Å². The average molecular weight is 350 g/mol. The second-order valence-electron chi connectivity index (χ2n) is 6.66. The summed E-state index contributed by atoms with van der Waals surface area (Å²) < 4.78 is 29.3. The Morgan fingerprint density at radius 1 is 0.654 bits per heavy atom. The van der Waals surface area contributed by atoms with Crippen LogP contribution in [0.2, 0.25) is 0 Å². The van der Waals surface area contributed by atoms with Crippen molar-refractivity contribution in [1.29, 1.82) is 0 Å². The van der Waals surface area contributed by atoms with Gasteiger partial charge in [-0.3, -0.25) is 0 Å². The molecular formula is C24H24F2. The fourth-order valence-electron chi connectivity index (χ4n) is 3.14. The van der Waals surface area contributed by atoms with Crippen molar-refractivity contribution in [1.82, 2.24) is 0 Å². The third-order valence-electron chi connectivity index (χ3n) is 4.81. The highest BCUT2D eigenvalue weighted by Crippen LogP contribution is 2.31. The molecule has 0 heterocycles. The second kappa shape index (κ2) is 8.27. The monoisotopic (exact) mass is 350 g/mol. The maximum absolute atomic E-state index is 14.7. The third kappa shape index (κ3) is 4.01. The molecule has 0 atom stereocenters. The summed E-state index contributed by atoms with van der Waals surface area (Å²) in [4.78, 5) is 0. The summed E-state index contributed by atoms with van der Waals surface area (Å²) in [5.74, 6) is -0.803. The van der Waals surface area contributed by atoms with Gasteiger partial charge < -0.3 is 0 Å². The van der Waals surface area contributed by atoms with Gasteiger partial charge in [-0.15, -0.1) is 0 Å². The van der Waals surface area contributed by atoms with E-state index in [-0.39, 0.29) is 0 Å². The highest BCUT2D eigenvalue weighted by molar-refractivity contribution is 5.72. The highest BCUT2D eigenvalue weighted by Gasteiger charge is 2.13. The number of hydrogen-bond acceptors (Lipinski definition) is 0. The molecule has 134 valence electrons. The largest absolute Gasteiger partial charge is 0.206 e. The molecule has 0 amide bonds. The van der Waals surface area contributed by atoms with Gasteiger partial charge >= 0.3 is 0 Å². The Kier molecular flexibility index (Phi) is 5.82. The summed E-state index contributed by atoms with van der Waals surface area (Å²) in [5, 5.41) is 0. The molecular weight excluding hydrogens is 326 g/mol. The van der Waals surface area contributed by atoms with E-state index in [0.29, 0.717) is 22.3 Å². The number of unbranched alkanes of at least 4 members (excludes halogenated alkanes) is 1. The Morgan fingerprint density at radius 2 is 1.12 bits per heavy atom. The summed E-state index contributed by atoms with van der Waals surface area (Å²) in [6.45, 7) is 4.22. The molecule has 0 bridgehead atoms. The molecule has 0 nitrogen and oxygen atoms in total. The van der Waals surface area contributed by atoms with Crippen LogP contribution < -0.4 is 0 Å². The van der Waals surface area contributed by atoms with Crippen LogP contribution in [-0.4, -0.2) is 0 Å². The normalized spacial score (nSPS) is 10.9. The van der Waals surface area contributed by atoms with Crippen molar-refractivity contribution < 1.29 is 8.78 Å². The van der Waals surface area contributed by atoms with E-state index in [9.17, 15) is 8.78 Å². The van der Waals surface area contributed by atoms with E-state index in [1.54, 1.807) is 0 Å². The molecule has 0 aromatic heterocycles. The number of aryl methyl sites for hydroxylation is 2. The first-order valence-corrected chi connectivity index (χ1v) is 9.30. The predicted molar refractivity (Wildman–Crippen MR) is 105 cm³/mol. The van der Waals surface area contributed by atoms with Crippen LogP contribution >= 0.6 is 0 Å². The molecule has 26 heavy (non-hydrogen) atoms. The lowest BCUT2D eigenvalue weighted by Gasteiger charge is -2.10. The molecule has 0 unspecified atom stereocenters. The van der Waals surface area contributed by atoms with Crippen molar-refractivity contribution in [2.24, 2.45) is 0 Å². The van der Waals surface area contributed by atoms with Gasteiger partial charge in [0.15, 0.2) is 0 Å². The maximum Gasteiger partial charge on any atom is 0.131 e. The van der Waals surface area contributed by atoms with Gasteiger partial charge in [-0.2, -0.15) is 0 Å². The van der Waals surface area contributed by atoms with Crippen molar-refractivity contribution >= 4 is 0 Å². The van der Waals surface area contributed by atoms with Gasteiger partial charge in [0.1, 0.15) is 11.6 Å². The lowest BCUT2D eigenvalue weighted by molar-refractivity contribution is 0.606. The standard InChI is InChI=1S/C24H24F2/c1-3-5-6-18-9-13-20(14-10-18)22-16-23(25)21(15-24(22)26)19-11-7-17(4-2)8-12-19/h7-16H,3-6H2,1-2H3. The Labute approximate surface area is 154 Å². The second-order valence-corrected chi connectivity index (χ2v) is 6.66. The van der Waals surface area contributed by atoms with Crippen LogP contribution in [0.5, 0.6) is 0 Å². The van der Waals surface area contributed by atoms with E-state index in [0.717, 1.165) is 25.7 Å². The summed E-state index contributed by atoms with van der Waals surface area (Å²) in [6, 6.07) is 18.0. The third-order valence-corrected chi connectivity index (χ3v) is 4.81. The smallest absolute Gasteiger partial charge is 0.131 e. The Morgan fingerprint density at radius 3 is 1.54 bits per heavy atom. The first-order valence-electron chi connectivity index (χ1n) is 9.30. The van der Waals surface area contributed by atoms with Crippen molar-refractivity contribution in [3.63, 3.8) is 0 Å². The van der Waals surface area contributed by atoms with Crippen molar-refractivity contribution in [2.45, 2.75) is 39.5 Å². The number of halogens is 2. The SMILES string of the molecule is CCCCc1ccc(-c2cc(F)c(-c3ccc(CC)cc3)cc2F)cc1. The summed E-state index contributed by atoms with van der Waals surface area (Å²) in [7, 11) is 0. The molecule has 0 saturated carbocycles. The van der Waals surface area contributed by atoms with Gasteiger partial charge in [-0.1, -0.05) is 68.8 Å². The molecule has 0 fully saturated rings. The first kappa shape index (κ1) is 18.3. The quantitative estimate of drug-likeness (QED) is 0.441. The first-order chi connectivity index (χ1) is 12.6. The van der Waals surface area contributed by atoms with Crippen LogP contribution in [0.3, 0.4) is 0 Å². The number of benzene rings is 3. The molecule has 3 aromatic carbocycles. The van der Waals surface area contributed by atoms with Crippen LogP contribution in [0.4, 0.5) is 8.78 Å². The minimum absolute atomic E-state index is 0.300. The number of hydrogen-bond donors (Lipinski definition) is 0. The van der Waals surface area contributed by atoms with E-state index in [1.807, 2.05) is 48.5 Å². The van der Waals surface area contributed by atoms with Gasteiger partial charge in [0.05, 0.1) is 0 Å². The van der Waals surface area contributed by atoms with Gasteiger partial charge in [0.25, 0.3) is 0 Å². The Balaban J connectivity index is 1.91. The fraction of sp³-hybridized carbons (Fsp3) is 0.250. The molecule has 0 aliphatic carbocycles. The molecule has 0 radical (unpaired) electrons. The minimum Gasteiger partial charge on any atom is -0.206 e. The molecule has 0 aliphatic rings. The molecule has 0 aliphatic heterocycles. The Hall–Kier alpha value is -2.48. The lowest BCUT2D eigenvalue weighted by atomic mass is 9.97. The molecule has 2 heteroatoms. The van der Waals surface area contributed by atoms with Gasteiger partial charge in [0.2, 0.25) is 0 Å². The van der Waals surface area contributed by atoms with Crippen molar-refractivity contribution in [2.75, 3.05) is 0 Å². The molecule has 3 rings (SSSR count). The van der Waals surface area contributed by atoms with Gasteiger partial charge in [0, 0.05) is 11.1 Å². The van der Waals surface area contributed by atoms with Crippen LogP contribution in [-0.2, 0) is 12.8 Å². The van der Waals surface area contributed by atoms with E-state index >= 15 is 0 Å². The molecule has 0 N–H and O–H groups in total. The predicted octanol–water partition coefficient (Wildman–Crippen LogP) is 7.20. The van der Waals surface area contributed by atoms with Crippen molar-refractivity contribution in [3.8, 4) is 22.3 Å². The highest BCUT2D eigenvalue weighted by atomic mass is 19.1. The van der Waals surface area contributed by atoms with E-state index < -0.39 is 11.6 Å². The van der Waals surface area contributed by atoms with Gasteiger partial charge in [-0.25, -0.2) is 8.78 Å². The van der Waals surface area contributed by atoms with Crippen LogP contribution in [0, 0.1) is 11.6 Å². The summed E-state index contributed by atoms with van der Waals surface area (Å²) in [6.07, 6.45) is 4.21. The molecule has 0 spiro atoms.